The zero-order valence-electron chi connectivity index (χ0n) is 17.8. The van der Waals surface area contributed by atoms with Crippen molar-refractivity contribution >= 4 is 23.3 Å². The number of hydrogen-bond acceptors (Lipinski definition) is 4. The van der Waals surface area contributed by atoms with E-state index in [2.05, 4.69) is 15.7 Å². The summed E-state index contributed by atoms with van der Waals surface area (Å²) in [6.07, 6.45) is 4.88. The molecular weight excluding hydrogens is 406 g/mol. The monoisotopic (exact) mass is 433 g/mol. The average Bonchev–Trinajstić information content (AvgIpc) is 3.34. The van der Waals surface area contributed by atoms with Crippen molar-refractivity contribution in [3.8, 4) is 5.75 Å². The number of benzene rings is 2. The number of likely N-dealkylation sites (tertiary alicyclic amines) is 1. The molecule has 0 bridgehead atoms. The highest BCUT2D eigenvalue weighted by Gasteiger charge is 2.27. The zero-order valence-corrected chi connectivity index (χ0v) is 17.8. The summed E-state index contributed by atoms with van der Waals surface area (Å²) in [4.78, 5) is 26.9. The standard InChI is InChI=1S/C24H27N5O3/c30-23(19-10-14-28(15-11-19)24(31)27-20-6-2-1-3-7-20)26-21-8-4-9-22(18-21)32-17-16-29-13-5-12-25-29/h1-9,12-13,18-19H,10-11,14-17H2,(H,26,30)(H,27,31). The van der Waals surface area contributed by atoms with Crippen LogP contribution < -0.4 is 15.4 Å². The fourth-order valence-electron chi connectivity index (χ4n) is 3.67. The van der Waals surface area contributed by atoms with E-state index in [0.717, 1.165) is 5.69 Å². The van der Waals surface area contributed by atoms with Crippen LogP contribution in [-0.2, 0) is 11.3 Å². The van der Waals surface area contributed by atoms with Crippen LogP contribution in [0.3, 0.4) is 0 Å². The lowest BCUT2D eigenvalue weighted by atomic mass is 9.96. The number of nitrogens with zero attached hydrogens (tertiary/aromatic N) is 3. The Morgan fingerprint density at radius 2 is 1.75 bits per heavy atom. The smallest absolute Gasteiger partial charge is 0.321 e. The summed E-state index contributed by atoms with van der Waals surface area (Å²) in [5.41, 5.74) is 1.47. The van der Waals surface area contributed by atoms with Gasteiger partial charge in [-0.2, -0.15) is 5.10 Å². The third kappa shape index (κ3) is 5.87. The highest BCUT2D eigenvalue weighted by molar-refractivity contribution is 5.93. The predicted molar refractivity (Wildman–Crippen MR) is 123 cm³/mol. The van der Waals surface area contributed by atoms with Gasteiger partial charge in [-0.1, -0.05) is 24.3 Å². The summed E-state index contributed by atoms with van der Waals surface area (Å²) in [5, 5.41) is 10.0. The molecule has 0 atom stereocenters. The van der Waals surface area contributed by atoms with E-state index < -0.39 is 0 Å². The van der Waals surface area contributed by atoms with Crippen molar-refractivity contribution in [2.75, 3.05) is 30.3 Å². The summed E-state index contributed by atoms with van der Waals surface area (Å²) >= 11 is 0. The molecule has 0 unspecified atom stereocenters. The van der Waals surface area contributed by atoms with E-state index >= 15 is 0 Å². The van der Waals surface area contributed by atoms with Gasteiger partial charge in [0.2, 0.25) is 5.91 Å². The van der Waals surface area contributed by atoms with E-state index in [1.807, 2.05) is 66.9 Å². The van der Waals surface area contributed by atoms with Gasteiger partial charge in [0.25, 0.3) is 0 Å². The summed E-state index contributed by atoms with van der Waals surface area (Å²) in [7, 11) is 0. The van der Waals surface area contributed by atoms with Crippen LogP contribution in [0.2, 0.25) is 0 Å². The molecule has 0 saturated carbocycles. The first-order valence-electron chi connectivity index (χ1n) is 10.8. The van der Waals surface area contributed by atoms with Crippen molar-refractivity contribution in [3.05, 3.63) is 73.1 Å². The molecule has 1 saturated heterocycles. The van der Waals surface area contributed by atoms with Crippen LogP contribution in [0.4, 0.5) is 16.2 Å². The molecule has 0 aliphatic carbocycles. The number of ether oxygens (including phenoxy) is 1. The molecule has 3 amide bonds. The van der Waals surface area contributed by atoms with E-state index in [-0.39, 0.29) is 17.9 Å². The van der Waals surface area contributed by atoms with Gasteiger partial charge in [0.15, 0.2) is 0 Å². The molecule has 0 spiro atoms. The van der Waals surface area contributed by atoms with Gasteiger partial charge >= 0.3 is 6.03 Å². The van der Waals surface area contributed by atoms with Crippen molar-refractivity contribution in [3.63, 3.8) is 0 Å². The third-order valence-corrected chi connectivity index (χ3v) is 5.43. The Balaban J connectivity index is 1.22. The highest BCUT2D eigenvalue weighted by Crippen LogP contribution is 2.22. The maximum Gasteiger partial charge on any atom is 0.321 e. The van der Waals surface area contributed by atoms with Gasteiger partial charge in [-0.3, -0.25) is 9.48 Å². The first-order valence-corrected chi connectivity index (χ1v) is 10.8. The second kappa shape index (κ2) is 10.5. The Bertz CT molecular complexity index is 1020. The number of urea groups is 1. The van der Waals surface area contributed by atoms with Crippen LogP contribution in [0.25, 0.3) is 0 Å². The molecule has 4 rings (SSSR count). The molecule has 2 aromatic carbocycles. The molecule has 1 aliphatic rings. The number of hydrogen-bond donors (Lipinski definition) is 2. The fraction of sp³-hybridized carbons (Fsp3) is 0.292. The van der Waals surface area contributed by atoms with Gasteiger partial charge < -0.3 is 20.3 Å². The Kier molecular flexibility index (Phi) is 7.01. The molecule has 2 heterocycles. The van der Waals surface area contributed by atoms with Gasteiger partial charge in [0.05, 0.1) is 6.54 Å². The van der Waals surface area contributed by atoms with E-state index in [1.54, 1.807) is 15.8 Å². The van der Waals surface area contributed by atoms with E-state index in [1.165, 1.54) is 0 Å². The molecule has 1 fully saturated rings. The van der Waals surface area contributed by atoms with Crippen molar-refractivity contribution in [2.45, 2.75) is 19.4 Å². The van der Waals surface area contributed by atoms with Crippen molar-refractivity contribution in [1.29, 1.82) is 0 Å². The van der Waals surface area contributed by atoms with Crippen LogP contribution in [0.15, 0.2) is 73.1 Å². The van der Waals surface area contributed by atoms with Gasteiger partial charge in [0.1, 0.15) is 12.4 Å². The molecule has 32 heavy (non-hydrogen) atoms. The van der Waals surface area contributed by atoms with E-state index in [9.17, 15) is 9.59 Å². The Labute approximate surface area is 187 Å². The minimum atomic E-state index is -0.130. The van der Waals surface area contributed by atoms with Crippen LogP contribution in [0.5, 0.6) is 5.75 Å². The summed E-state index contributed by atoms with van der Waals surface area (Å²) in [6.45, 7) is 2.24. The normalized spacial score (nSPS) is 14.1. The molecule has 8 heteroatoms. The maximum absolute atomic E-state index is 12.7. The topological polar surface area (TPSA) is 88.5 Å². The van der Waals surface area contributed by atoms with E-state index in [0.29, 0.717) is 50.5 Å². The fourth-order valence-corrected chi connectivity index (χ4v) is 3.67. The maximum atomic E-state index is 12.7. The minimum Gasteiger partial charge on any atom is -0.492 e. The number of carbonyl (C=O) groups is 2. The number of rotatable bonds is 7. The number of amides is 3. The summed E-state index contributed by atoms with van der Waals surface area (Å²) in [5.74, 6) is 0.546. The van der Waals surface area contributed by atoms with Crippen LogP contribution in [0, 0.1) is 5.92 Å². The van der Waals surface area contributed by atoms with Gasteiger partial charge in [-0.25, -0.2) is 4.79 Å². The SMILES string of the molecule is O=C(Nc1cccc(OCCn2cccn2)c1)C1CCN(C(=O)Nc2ccccc2)CC1. The predicted octanol–water partition coefficient (Wildman–Crippen LogP) is 3.84. The first kappa shape index (κ1) is 21.4. The molecule has 166 valence electrons. The van der Waals surface area contributed by atoms with Crippen LogP contribution in [-0.4, -0.2) is 46.3 Å². The molecular formula is C24H27N5O3. The Hall–Kier alpha value is -3.81. The van der Waals surface area contributed by atoms with Crippen molar-refractivity contribution < 1.29 is 14.3 Å². The number of aromatic nitrogens is 2. The van der Waals surface area contributed by atoms with Gasteiger partial charge in [-0.15, -0.1) is 0 Å². The minimum absolute atomic E-state index is 0.0261. The first-order chi connectivity index (χ1) is 15.7. The Morgan fingerprint density at radius 1 is 0.969 bits per heavy atom. The third-order valence-electron chi connectivity index (χ3n) is 5.43. The number of nitrogens with one attached hydrogen (secondary N) is 2. The number of piperidine rings is 1. The molecule has 1 aromatic heterocycles. The average molecular weight is 434 g/mol. The number of anilines is 2. The van der Waals surface area contributed by atoms with Crippen molar-refractivity contribution in [1.82, 2.24) is 14.7 Å². The van der Waals surface area contributed by atoms with Crippen molar-refractivity contribution in [2.24, 2.45) is 5.92 Å². The second-order valence-corrected chi connectivity index (χ2v) is 7.69. The zero-order chi connectivity index (χ0) is 22.2. The second-order valence-electron chi connectivity index (χ2n) is 7.69. The van der Waals surface area contributed by atoms with E-state index in [4.69, 9.17) is 4.74 Å². The lowest BCUT2D eigenvalue weighted by molar-refractivity contribution is -0.121. The number of carbonyl (C=O) groups excluding carboxylic acids is 2. The molecule has 2 N–H and O–H groups in total. The molecule has 1 aliphatic heterocycles. The molecule has 8 nitrogen and oxygen atoms in total. The lowest BCUT2D eigenvalue weighted by Crippen LogP contribution is -2.43. The summed E-state index contributed by atoms with van der Waals surface area (Å²) < 4.78 is 7.58. The van der Waals surface area contributed by atoms with Crippen LogP contribution in [0.1, 0.15) is 12.8 Å². The molecule has 0 radical (unpaired) electrons. The number of para-hydroxylation sites is 1. The van der Waals surface area contributed by atoms with Gasteiger partial charge in [0, 0.05) is 48.8 Å². The summed E-state index contributed by atoms with van der Waals surface area (Å²) in [6, 6.07) is 18.5. The lowest BCUT2D eigenvalue weighted by Gasteiger charge is -2.31. The highest BCUT2D eigenvalue weighted by atomic mass is 16.5. The van der Waals surface area contributed by atoms with Crippen LogP contribution >= 0.6 is 0 Å². The quantitative estimate of drug-likeness (QED) is 0.593. The Morgan fingerprint density at radius 3 is 2.50 bits per heavy atom. The molecule has 3 aromatic rings. The van der Waals surface area contributed by atoms with Gasteiger partial charge in [-0.05, 0) is 43.2 Å². The largest absolute Gasteiger partial charge is 0.492 e.